The summed E-state index contributed by atoms with van der Waals surface area (Å²) >= 11 is 5.43. The lowest BCUT2D eigenvalue weighted by Crippen LogP contribution is -2.11. The van der Waals surface area contributed by atoms with Crippen LogP contribution >= 0.6 is 27.7 Å². The first-order valence-electron chi connectivity index (χ1n) is 10.7. The Labute approximate surface area is 194 Å². The van der Waals surface area contributed by atoms with Crippen LogP contribution in [0.3, 0.4) is 0 Å². The van der Waals surface area contributed by atoms with Crippen LogP contribution in [0.1, 0.15) is 48.2 Å². The molecule has 4 aromatic rings. The van der Waals surface area contributed by atoms with Gasteiger partial charge < -0.3 is 9.15 Å². The van der Waals surface area contributed by atoms with E-state index in [1.807, 2.05) is 72.4 Å². The lowest BCUT2D eigenvalue weighted by Gasteiger charge is -2.20. The zero-order chi connectivity index (χ0) is 21.2. The third-order valence-electron chi connectivity index (χ3n) is 5.88. The molecule has 1 aliphatic rings. The molecule has 0 saturated heterocycles. The van der Waals surface area contributed by atoms with Gasteiger partial charge in [0.2, 0.25) is 5.76 Å². The Morgan fingerprint density at radius 2 is 1.77 bits per heavy atom. The number of hydrogen-bond donors (Lipinski definition) is 0. The fourth-order valence-corrected chi connectivity index (χ4v) is 5.99. The number of rotatable bonds is 5. The Hall–Kier alpha value is -2.24. The van der Waals surface area contributed by atoms with Crippen molar-refractivity contribution >= 4 is 55.4 Å². The summed E-state index contributed by atoms with van der Waals surface area (Å²) < 4.78 is 12.7. The van der Waals surface area contributed by atoms with E-state index in [-0.39, 0.29) is 0 Å². The van der Waals surface area contributed by atoms with Gasteiger partial charge in [0.05, 0.1) is 0 Å². The van der Waals surface area contributed by atoms with Crippen LogP contribution in [0.15, 0.2) is 69.6 Å². The average molecular weight is 495 g/mol. The van der Waals surface area contributed by atoms with E-state index in [4.69, 9.17) is 9.15 Å². The van der Waals surface area contributed by atoms with Crippen molar-refractivity contribution in [1.82, 2.24) is 0 Å². The summed E-state index contributed by atoms with van der Waals surface area (Å²) in [6.07, 6.45) is 6.46. The topological polar surface area (TPSA) is 39.4 Å². The predicted molar refractivity (Wildman–Crippen MR) is 131 cm³/mol. The van der Waals surface area contributed by atoms with Crippen LogP contribution in [0, 0.1) is 0 Å². The van der Waals surface area contributed by atoms with E-state index in [1.165, 1.54) is 32.1 Å². The van der Waals surface area contributed by atoms with Crippen LogP contribution in [0.2, 0.25) is 0 Å². The van der Waals surface area contributed by atoms with Gasteiger partial charge in [-0.15, -0.1) is 0 Å². The van der Waals surface area contributed by atoms with Crippen LogP contribution in [-0.4, -0.2) is 11.2 Å². The lowest BCUT2D eigenvalue weighted by molar-refractivity contribution is 0.0703. The maximum atomic E-state index is 13.1. The van der Waals surface area contributed by atoms with Gasteiger partial charge in [-0.2, -0.15) is 11.8 Å². The van der Waals surface area contributed by atoms with Crippen molar-refractivity contribution in [3.05, 3.63) is 76.5 Å². The van der Waals surface area contributed by atoms with Gasteiger partial charge in [0.1, 0.15) is 11.3 Å². The largest absolute Gasteiger partial charge is 0.449 e. The van der Waals surface area contributed by atoms with Gasteiger partial charge in [-0.3, -0.25) is 0 Å². The number of hydrogen-bond acceptors (Lipinski definition) is 4. The van der Waals surface area contributed by atoms with Gasteiger partial charge in [0.15, 0.2) is 0 Å². The Kier molecular flexibility index (Phi) is 6.06. The highest BCUT2D eigenvalue weighted by molar-refractivity contribution is 9.10. The molecule has 3 aromatic carbocycles. The molecule has 1 aromatic heterocycles. The summed E-state index contributed by atoms with van der Waals surface area (Å²) in [4.78, 5) is 13.1. The van der Waals surface area contributed by atoms with E-state index in [0.717, 1.165) is 37.5 Å². The number of para-hydroxylation sites is 1. The molecule has 0 atom stereocenters. The van der Waals surface area contributed by atoms with E-state index >= 15 is 0 Å². The number of halogens is 1. The predicted octanol–water partition coefficient (Wildman–Crippen LogP) is 8.13. The molecule has 1 fully saturated rings. The third kappa shape index (κ3) is 4.53. The lowest BCUT2D eigenvalue weighted by atomic mass is 10.0. The van der Waals surface area contributed by atoms with Crippen LogP contribution in [-0.2, 0) is 5.75 Å². The summed E-state index contributed by atoms with van der Waals surface area (Å²) in [6.45, 7) is 0. The molecule has 0 spiro atoms. The van der Waals surface area contributed by atoms with Crippen molar-refractivity contribution in [3.8, 4) is 5.75 Å². The van der Waals surface area contributed by atoms with E-state index in [0.29, 0.717) is 16.8 Å². The first-order chi connectivity index (χ1) is 15.2. The van der Waals surface area contributed by atoms with Crippen molar-refractivity contribution in [2.75, 3.05) is 0 Å². The minimum Gasteiger partial charge on any atom is -0.449 e. The molecule has 0 bridgehead atoms. The Morgan fingerprint density at radius 1 is 1.00 bits per heavy atom. The number of thioether (sulfide) groups is 1. The minimum atomic E-state index is -0.438. The zero-order valence-electron chi connectivity index (χ0n) is 17.1. The Bertz CT molecular complexity index is 1240. The molecule has 0 N–H and O–H groups in total. The molecule has 0 aliphatic heterocycles. The van der Waals surface area contributed by atoms with Gasteiger partial charge in [-0.25, -0.2) is 4.79 Å². The van der Waals surface area contributed by atoms with Crippen molar-refractivity contribution in [2.24, 2.45) is 0 Å². The molecular formula is C26H23BrO3S. The van der Waals surface area contributed by atoms with E-state index in [1.54, 1.807) is 0 Å². The Balaban J connectivity index is 1.41. The fourth-order valence-electron chi connectivity index (χ4n) is 4.25. The first kappa shape index (κ1) is 20.7. The minimum absolute atomic E-state index is 0.320. The molecular weight excluding hydrogens is 472 g/mol. The summed E-state index contributed by atoms with van der Waals surface area (Å²) in [5.74, 6) is 1.16. The zero-order valence-corrected chi connectivity index (χ0v) is 19.5. The van der Waals surface area contributed by atoms with Crippen molar-refractivity contribution < 1.29 is 13.9 Å². The van der Waals surface area contributed by atoms with Gasteiger partial charge in [-0.1, -0.05) is 65.5 Å². The second-order valence-electron chi connectivity index (χ2n) is 8.02. The normalized spacial score (nSPS) is 14.9. The summed E-state index contributed by atoms with van der Waals surface area (Å²) in [7, 11) is 0. The smallest absolute Gasteiger partial charge is 0.379 e. The second-order valence-corrected chi connectivity index (χ2v) is 10.2. The van der Waals surface area contributed by atoms with Crippen LogP contribution in [0.5, 0.6) is 5.75 Å². The van der Waals surface area contributed by atoms with E-state index in [9.17, 15) is 4.79 Å². The van der Waals surface area contributed by atoms with Gasteiger partial charge in [0.25, 0.3) is 0 Å². The standard InChI is InChI=1S/C26H23BrO3S/c27-19-12-10-18-15-20(13-11-17(18)14-19)29-26(28)25-23(16-31-21-6-2-1-3-7-21)22-8-4-5-9-24(22)30-25/h4-5,8-15,21H,1-3,6-7,16H2. The monoisotopic (exact) mass is 494 g/mol. The maximum absolute atomic E-state index is 13.1. The van der Waals surface area contributed by atoms with Crippen LogP contribution < -0.4 is 4.74 Å². The molecule has 1 saturated carbocycles. The number of carbonyl (C=O) groups excluding carboxylic acids is 1. The number of carbonyl (C=O) groups is 1. The van der Waals surface area contributed by atoms with Crippen LogP contribution in [0.25, 0.3) is 21.7 Å². The van der Waals surface area contributed by atoms with Gasteiger partial charge in [0, 0.05) is 26.4 Å². The molecule has 0 radical (unpaired) electrons. The summed E-state index contributed by atoms with van der Waals surface area (Å²) in [6, 6.07) is 19.6. The fraction of sp³-hybridized carbons (Fsp3) is 0.269. The molecule has 1 heterocycles. The van der Waals surface area contributed by atoms with Crippen molar-refractivity contribution in [3.63, 3.8) is 0 Å². The van der Waals surface area contributed by atoms with E-state index < -0.39 is 5.97 Å². The molecule has 3 nitrogen and oxygen atoms in total. The quantitative estimate of drug-likeness (QED) is 0.207. The van der Waals surface area contributed by atoms with Crippen LogP contribution in [0.4, 0.5) is 0 Å². The third-order valence-corrected chi connectivity index (χ3v) is 7.77. The second kappa shape index (κ2) is 9.09. The number of benzene rings is 3. The molecule has 31 heavy (non-hydrogen) atoms. The SMILES string of the molecule is O=C(Oc1ccc2cc(Br)ccc2c1)c1oc2ccccc2c1CSC1CCCCC1. The highest BCUT2D eigenvalue weighted by atomic mass is 79.9. The summed E-state index contributed by atoms with van der Waals surface area (Å²) in [5, 5.41) is 3.76. The highest BCUT2D eigenvalue weighted by Gasteiger charge is 2.24. The van der Waals surface area contributed by atoms with E-state index in [2.05, 4.69) is 15.9 Å². The van der Waals surface area contributed by atoms with Crippen molar-refractivity contribution in [2.45, 2.75) is 43.1 Å². The number of furan rings is 1. The summed E-state index contributed by atoms with van der Waals surface area (Å²) in [5.41, 5.74) is 1.68. The molecule has 158 valence electrons. The average Bonchev–Trinajstić information content (AvgIpc) is 3.17. The maximum Gasteiger partial charge on any atom is 0.379 e. The van der Waals surface area contributed by atoms with Gasteiger partial charge >= 0.3 is 5.97 Å². The molecule has 0 unspecified atom stereocenters. The molecule has 0 amide bonds. The molecule has 5 rings (SSSR count). The number of fused-ring (bicyclic) bond motifs is 2. The number of esters is 1. The first-order valence-corrected chi connectivity index (χ1v) is 12.5. The number of ether oxygens (including phenoxy) is 1. The van der Waals surface area contributed by atoms with Crippen molar-refractivity contribution in [1.29, 1.82) is 0 Å². The van der Waals surface area contributed by atoms with Gasteiger partial charge in [-0.05, 0) is 53.9 Å². The molecule has 1 aliphatic carbocycles. The Morgan fingerprint density at radius 3 is 2.65 bits per heavy atom. The highest BCUT2D eigenvalue weighted by Crippen LogP contribution is 2.35. The molecule has 5 heteroatoms.